The van der Waals surface area contributed by atoms with E-state index in [0.717, 1.165) is 26.9 Å². The van der Waals surface area contributed by atoms with Gasteiger partial charge < -0.3 is 10.3 Å². The molecule has 84 valence electrons. The first-order valence-electron chi connectivity index (χ1n) is 4.87. The van der Waals surface area contributed by atoms with Gasteiger partial charge in [-0.05, 0) is 42.0 Å². The molecule has 0 aromatic carbocycles. The maximum atomic E-state index is 5.66. The minimum absolute atomic E-state index is 0.409. The first-order chi connectivity index (χ1) is 7.63. The Morgan fingerprint density at radius 2 is 2.19 bits per heavy atom. The van der Waals surface area contributed by atoms with E-state index < -0.39 is 0 Å². The maximum absolute atomic E-state index is 5.66. The van der Waals surface area contributed by atoms with Gasteiger partial charge in [0, 0.05) is 5.56 Å². The smallest absolute Gasteiger partial charge is 0.184 e. The van der Waals surface area contributed by atoms with Crippen molar-refractivity contribution in [2.24, 2.45) is 0 Å². The van der Waals surface area contributed by atoms with E-state index >= 15 is 0 Å². The first kappa shape index (κ1) is 11.3. The average molecular weight is 330 g/mol. The Balaban J connectivity index is 2.62. The molecule has 0 fully saturated rings. The standard InChI is InChI=1S/C10H11IN4O/c1-3-7-6(4-5(2)13-14-7)9-8(11)10(12)15-16-9/h4H,3H2,1-2H3,(H2,12,15). The third-order valence-electron chi connectivity index (χ3n) is 2.23. The van der Waals surface area contributed by atoms with Crippen LogP contribution in [-0.4, -0.2) is 15.4 Å². The largest absolute Gasteiger partial charge is 0.380 e. The summed E-state index contributed by atoms with van der Waals surface area (Å²) in [5, 5.41) is 11.9. The number of aromatic nitrogens is 3. The number of rotatable bonds is 2. The van der Waals surface area contributed by atoms with Gasteiger partial charge in [-0.15, -0.1) is 0 Å². The highest BCUT2D eigenvalue weighted by atomic mass is 127. The van der Waals surface area contributed by atoms with E-state index in [9.17, 15) is 0 Å². The predicted octanol–water partition coefficient (Wildman–Crippen LogP) is 2.19. The van der Waals surface area contributed by atoms with Crippen molar-refractivity contribution >= 4 is 28.4 Å². The van der Waals surface area contributed by atoms with Gasteiger partial charge in [0.2, 0.25) is 0 Å². The summed E-state index contributed by atoms with van der Waals surface area (Å²) in [5.41, 5.74) is 8.31. The Morgan fingerprint density at radius 3 is 2.75 bits per heavy atom. The Kier molecular flexibility index (Phi) is 3.08. The van der Waals surface area contributed by atoms with E-state index in [1.54, 1.807) is 0 Å². The molecule has 0 aliphatic heterocycles. The van der Waals surface area contributed by atoms with Gasteiger partial charge >= 0.3 is 0 Å². The molecule has 0 saturated heterocycles. The quantitative estimate of drug-likeness (QED) is 0.854. The van der Waals surface area contributed by atoms with Crippen LogP contribution in [0.2, 0.25) is 0 Å². The Labute approximate surface area is 107 Å². The molecule has 2 heterocycles. The number of nitrogens with two attached hydrogens (primary N) is 1. The topological polar surface area (TPSA) is 77.8 Å². The first-order valence-corrected chi connectivity index (χ1v) is 5.95. The van der Waals surface area contributed by atoms with Crippen LogP contribution >= 0.6 is 22.6 Å². The molecule has 0 aliphatic rings. The molecule has 2 N–H and O–H groups in total. The summed E-state index contributed by atoms with van der Waals surface area (Å²) in [7, 11) is 0. The van der Waals surface area contributed by atoms with Gasteiger partial charge in [-0.3, -0.25) is 0 Å². The molecule has 2 rings (SSSR count). The lowest BCUT2D eigenvalue weighted by molar-refractivity contribution is 0.434. The Hall–Kier alpha value is -1.18. The van der Waals surface area contributed by atoms with Crippen LogP contribution < -0.4 is 5.73 Å². The Bertz CT molecular complexity index is 524. The molecule has 0 amide bonds. The third-order valence-corrected chi connectivity index (χ3v) is 3.27. The predicted molar refractivity (Wildman–Crippen MR) is 68.8 cm³/mol. The highest BCUT2D eigenvalue weighted by Gasteiger charge is 2.17. The lowest BCUT2D eigenvalue weighted by Crippen LogP contribution is -1.97. The second-order valence-electron chi connectivity index (χ2n) is 3.41. The molecule has 0 unspecified atom stereocenters. The molecule has 0 aliphatic carbocycles. The zero-order valence-electron chi connectivity index (χ0n) is 8.99. The molecular weight excluding hydrogens is 319 g/mol. The molecule has 0 radical (unpaired) electrons. The molecule has 0 atom stereocenters. The Morgan fingerprint density at radius 1 is 1.44 bits per heavy atom. The molecule has 16 heavy (non-hydrogen) atoms. The highest BCUT2D eigenvalue weighted by Crippen LogP contribution is 2.30. The van der Waals surface area contributed by atoms with Crippen LogP contribution in [0.4, 0.5) is 5.82 Å². The minimum Gasteiger partial charge on any atom is -0.380 e. The van der Waals surface area contributed by atoms with Crippen LogP contribution in [0.5, 0.6) is 0 Å². The summed E-state index contributed by atoms with van der Waals surface area (Å²) in [6.45, 7) is 3.91. The van der Waals surface area contributed by atoms with Gasteiger partial charge in [-0.2, -0.15) is 10.2 Å². The van der Waals surface area contributed by atoms with Crippen molar-refractivity contribution < 1.29 is 4.52 Å². The zero-order chi connectivity index (χ0) is 11.7. The van der Waals surface area contributed by atoms with E-state index in [1.807, 2.05) is 19.9 Å². The molecule has 2 aromatic heterocycles. The summed E-state index contributed by atoms with van der Waals surface area (Å²) in [5.74, 6) is 1.08. The van der Waals surface area contributed by atoms with Crippen LogP contribution in [-0.2, 0) is 6.42 Å². The van der Waals surface area contributed by atoms with Gasteiger partial charge in [0.25, 0.3) is 0 Å². The van der Waals surface area contributed by atoms with Gasteiger partial charge in [-0.1, -0.05) is 12.1 Å². The minimum atomic E-state index is 0.409. The number of anilines is 1. The van der Waals surface area contributed by atoms with Gasteiger partial charge in [0.1, 0.15) is 3.57 Å². The van der Waals surface area contributed by atoms with Crippen LogP contribution in [0, 0.1) is 10.5 Å². The maximum Gasteiger partial charge on any atom is 0.184 e. The summed E-state index contributed by atoms with van der Waals surface area (Å²) in [6.07, 6.45) is 0.791. The molecule has 0 spiro atoms. The van der Waals surface area contributed by atoms with Gasteiger partial charge in [0.15, 0.2) is 11.6 Å². The van der Waals surface area contributed by atoms with E-state index in [4.69, 9.17) is 10.3 Å². The zero-order valence-corrected chi connectivity index (χ0v) is 11.1. The molecule has 0 bridgehead atoms. The van der Waals surface area contributed by atoms with Crippen LogP contribution in [0.3, 0.4) is 0 Å². The van der Waals surface area contributed by atoms with Crippen molar-refractivity contribution in [1.29, 1.82) is 0 Å². The SMILES string of the molecule is CCc1nnc(C)cc1-c1onc(N)c1I. The number of halogens is 1. The van der Waals surface area contributed by atoms with E-state index in [2.05, 4.69) is 37.9 Å². The number of hydrogen-bond acceptors (Lipinski definition) is 5. The van der Waals surface area contributed by atoms with Crippen molar-refractivity contribution in [1.82, 2.24) is 15.4 Å². The van der Waals surface area contributed by atoms with Crippen LogP contribution in [0.1, 0.15) is 18.3 Å². The van der Waals surface area contributed by atoms with E-state index in [1.165, 1.54) is 0 Å². The molecule has 2 aromatic rings. The lowest BCUT2D eigenvalue weighted by atomic mass is 10.1. The summed E-state index contributed by atoms with van der Waals surface area (Å²) >= 11 is 2.12. The van der Waals surface area contributed by atoms with Crippen LogP contribution in [0.15, 0.2) is 10.6 Å². The molecule has 5 nitrogen and oxygen atoms in total. The molecule has 0 saturated carbocycles. The highest BCUT2D eigenvalue weighted by molar-refractivity contribution is 14.1. The van der Waals surface area contributed by atoms with Crippen molar-refractivity contribution in [3.8, 4) is 11.3 Å². The second kappa shape index (κ2) is 4.36. The van der Waals surface area contributed by atoms with Crippen molar-refractivity contribution in [3.63, 3.8) is 0 Å². The molecular formula is C10H11IN4O. The average Bonchev–Trinajstić information content (AvgIpc) is 2.60. The molecule has 6 heteroatoms. The number of aryl methyl sites for hydroxylation is 2. The van der Waals surface area contributed by atoms with Crippen molar-refractivity contribution in [2.45, 2.75) is 20.3 Å². The van der Waals surface area contributed by atoms with Crippen LogP contribution in [0.25, 0.3) is 11.3 Å². The number of nitrogen functional groups attached to an aromatic ring is 1. The summed E-state index contributed by atoms with van der Waals surface area (Å²) in [4.78, 5) is 0. The lowest BCUT2D eigenvalue weighted by Gasteiger charge is -2.03. The normalized spacial score (nSPS) is 10.7. The van der Waals surface area contributed by atoms with Crippen molar-refractivity contribution in [3.05, 3.63) is 21.0 Å². The fourth-order valence-corrected chi connectivity index (χ4v) is 1.92. The number of nitrogens with zero attached hydrogens (tertiary/aromatic N) is 3. The summed E-state index contributed by atoms with van der Waals surface area (Å²) in [6, 6.07) is 1.94. The van der Waals surface area contributed by atoms with Gasteiger partial charge in [0.05, 0.1) is 11.4 Å². The van der Waals surface area contributed by atoms with Gasteiger partial charge in [-0.25, -0.2) is 0 Å². The third kappa shape index (κ3) is 1.89. The fourth-order valence-electron chi connectivity index (χ4n) is 1.43. The second-order valence-corrected chi connectivity index (χ2v) is 4.49. The fraction of sp³-hybridized carbons (Fsp3) is 0.300. The summed E-state index contributed by atoms with van der Waals surface area (Å²) < 4.78 is 6.05. The van der Waals surface area contributed by atoms with E-state index in [-0.39, 0.29) is 0 Å². The van der Waals surface area contributed by atoms with Crippen molar-refractivity contribution in [2.75, 3.05) is 5.73 Å². The monoisotopic (exact) mass is 330 g/mol. The van der Waals surface area contributed by atoms with E-state index in [0.29, 0.717) is 11.6 Å². The number of hydrogen-bond donors (Lipinski definition) is 1.